The second-order valence-corrected chi connectivity index (χ2v) is 5.19. The van der Waals surface area contributed by atoms with Crippen molar-refractivity contribution >= 4 is 21.8 Å². The van der Waals surface area contributed by atoms with Gasteiger partial charge in [-0.15, -0.1) is 0 Å². The first-order valence-corrected chi connectivity index (χ1v) is 6.87. The number of aryl methyl sites for hydroxylation is 1. The smallest absolute Gasteiger partial charge is 0.270 e. The third kappa shape index (κ3) is 2.90. The van der Waals surface area contributed by atoms with Crippen LogP contribution < -0.4 is 5.32 Å². The lowest BCUT2D eigenvalue weighted by atomic mass is 10.3. The van der Waals surface area contributed by atoms with Crippen LogP contribution in [0.1, 0.15) is 23.8 Å². The van der Waals surface area contributed by atoms with Crippen LogP contribution in [0.25, 0.3) is 0 Å². The van der Waals surface area contributed by atoms with Crippen molar-refractivity contribution in [3.05, 3.63) is 22.4 Å². The molecule has 1 amide bonds. The Morgan fingerprint density at radius 2 is 2.18 bits per heavy atom. The summed E-state index contributed by atoms with van der Waals surface area (Å²) in [6.07, 6.45) is 3.02. The first-order valence-electron chi connectivity index (χ1n) is 6.08. The van der Waals surface area contributed by atoms with Crippen LogP contribution in [0.2, 0.25) is 0 Å². The molecule has 1 N–H and O–H groups in total. The Morgan fingerprint density at radius 3 is 2.82 bits per heavy atom. The number of amides is 1. The molecule has 2 heterocycles. The number of nitrogens with zero attached hydrogens (tertiary/aromatic N) is 2. The van der Waals surface area contributed by atoms with E-state index in [4.69, 9.17) is 0 Å². The summed E-state index contributed by atoms with van der Waals surface area (Å²) in [5.74, 6) is 0.144. The van der Waals surface area contributed by atoms with Gasteiger partial charge in [0.1, 0.15) is 5.69 Å². The van der Waals surface area contributed by atoms with Crippen molar-refractivity contribution in [1.29, 1.82) is 0 Å². The van der Waals surface area contributed by atoms with Gasteiger partial charge < -0.3 is 14.8 Å². The van der Waals surface area contributed by atoms with E-state index in [1.807, 2.05) is 21.7 Å². The van der Waals surface area contributed by atoms with E-state index in [9.17, 15) is 4.79 Å². The van der Waals surface area contributed by atoms with Crippen molar-refractivity contribution in [2.75, 3.05) is 26.2 Å². The van der Waals surface area contributed by atoms with Gasteiger partial charge in [-0.25, -0.2) is 0 Å². The maximum atomic E-state index is 12.4. The number of aromatic nitrogens is 1. The molecule has 2 rings (SSSR count). The normalized spacial score (nSPS) is 16.2. The molecular weight excluding hydrogens is 282 g/mol. The molecule has 1 fully saturated rings. The number of halogens is 1. The van der Waals surface area contributed by atoms with Gasteiger partial charge in [-0.2, -0.15) is 0 Å². The highest BCUT2D eigenvalue weighted by atomic mass is 79.9. The number of piperazine rings is 1. The van der Waals surface area contributed by atoms with Crippen LogP contribution in [-0.4, -0.2) is 41.6 Å². The molecule has 0 spiro atoms. The summed E-state index contributed by atoms with van der Waals surface area (Å²) in [7, 11) is 0. The van der Waals surface area contributed by atoms with Crippen molar-refractivity contribution in [2.45, 2.75) is 19.9 Å². The number of hydrogen-bond acceptors (Lipinski definition) is 2. The zero-order valence-electron chi connectivity index (χ0n) is 10.1. The lowest BCUT2D eigenvalue weighted by Gasteiger charge is -2.27. The van der Waals surface area contributed by atoms with E-state index in [1.165, 1.54) is 0 Å². The van der Waals surface area contributed by atoms with Gasteiger partial charge in [-0.05, 0) is 28.4 Å². The Hall–Kier alpha value is -0.810. The third-order valence-electron chi connectivity index (χ3n) is 2.95. The Kier molecular flexibility index (Phi) is 4.23. The summed E-state index contributed by atoms with van der Waals surface area (Å²) >= 11 is 3.44. The van der Waals surface area contributed by atoms with Gasteiger partial charge in [0, 0.05) is 43.4 Å². The molecule has 94 valence electrons. The standard InChI is InChI=1S/C12H18BrN3O/c1-2-5-16-9-10(13)8-11(16)12(17)15-6-3-14-4-7-15/h8-9,14H,2-7H2,1H3. The maximum absolute atomic E-state index is 12.4. The first kappa shape index (κ1) is 12.6. The van der Waals surface area contributed by atoms with Crippen LogP contribution in [0.15, 0.2) is 16.7 Å². The van der Waals surface area contributed by atoms with E-state index in [1.54, 1.807) is 0 Å². The summed E-state index contributed by atoms with van der Waals surface area (Å²) in [6, 6.07) is 1.92. The SMILES string of the molecule is CCCn1cc(Br)cc1C(=O)N1CCNCC1. The van der Waals surface area contributed by atoms with Crippen molar-refractivity contribution in [1.82, 2.24) is 14.8 Å². The Labute approximate surface area is 110 Å². The summed E-state index contributed by atoms with van der Waals surface area (Å²) in [4.78, 5) is 14.3. The Balaban J connectivity index is 2.16. The molecular formula is C12H18BrN3O. The Bertz CT molecular complexity index is 396. The minimum absolute atomic E-state index is 0.144. The van der Waals surface area contributed by atoms with Gasteiger partial charge in [0.2, 0.25) is 0 Å². The predicted octanol–water partition coefficient (Wildman–Crippen LogP) is 1.71. The minimum atomic E-state index is 0.144. The maximum Gasteiger partial charge on any atom is 0.270 e. The number of nitrogens with one attached hydrogen (secondary N) is 1. The fourth-order valence-electron chi connectivity index (χ4n) is 2.11. The number of carbonyl (C=O) groups excluding carboxylic acids is 1. The summed E-state index contributed by atoms with van der Waals surface area (Å²) < 4.78 is 3.01. The van der Waals surface area contributed by atoms with Crippen molar-refractivity contribution in [3.8, 4) is 0 Å². The molecule has 0 saturated carbocycles. The van der Waals surface area contributed by atoms with E-state index in [-0.39, 0.29) is 5.91 Å². The van der Waals surface area contributed by atoms with Crippen molar-refractivity contribution < 1.29 is 4.79 Å². The minimum Gasteiger partial charge on any atom is -0.342 e. The average Bonchev–Trinajstić information content (AvgIpc) is 2.71. The van der Waals surface area contributed by atoms with E-state index in [0.717, 1.165) is 49.3 Å². The van der Waals surface area contributed by atoms with E-state index in [2.05, 4.69) is 28.2 Å². The quantitative estimate of drug-likeness (QED) is 0.922. The molecule has 1 aromatic heterocycles. The highest BCUT2D eigenvalue weighted by molar-refractivity contribution is 9.10. The van der Waals surface area contributed by atoms with Gasteiger partial charge in [-0.1, -0.05) is 6.92 Å². The molecule has 0 unspecified atom stereocenters. The largest absolute Gasteiger partial charge is 0.342 e. The van der Waals surface area contributed by atoms with Gasteiger partial charge in [0.25, 0.3) is 5.91 Å². The lowest BCUT2D eigenvalue weighted by molar-refractivity contribution is 0.0724. The zero-order valence-corrected chi connectivity index (χ0v) is 11.7. The van der Waals surface area contributed by atoms with Crippen molar-refractivity contribution in [2.24, 2.45) is 0 Å². The second-order valence-electron chi connectivity index (χ2n) is 4.28. The molecule has 0 radical (unpaired) electrons. The van der Waals surface area contributed by atoms with Crippen LogP contribution >= 0.6 is 15.9 Å². The van der Waals surface area contributed by atoms with E-state index < -0.39 is 0 Å². The molecule has 1 aromatic rings. The van der Waals surface area contributed by atoms with E-state index >= 15 is 0 Å². The molecule has 1 aliphatic rings. The molecule has 0 aliphatic carbocycles. The van der Waals surface area contributed by atoms with Gasteiger partial charge in [0.15, 0.2) is 0 Å². The third-order valence-corrected chi connectivity index (χ3v) is 3.38. The molecule has 0 aromatic carbocycles. The monoisotopic (exact) mass is 299 g/mol. The number of rotatable bonds is 3. The van der Waals surface area contributed by atoms with Crippen LogP contribution in [0, 0.1) is 0 Å². The fraction of sp³-hybridized carbons (Fsp3) is 0.583. The molecule has 5 heteroatoms. The number of hydrogen-bond donors (Lipinski definition) is 1. The second kappa shape index (κ2) is 5.69. The van der Waals surface area contributed by atoms with Crippen LogP contribution in [-0.2, 0) is 6.54 Å². The molecule has 1 aliphatic heterocycles. The van der Waals surface area contributed by atoms with Crippen LogP contribution in [0.4, 0.5) is 0 Å². The van der Waals surface area contributed by atoms with Crippen LogP contribution in [0.5, 0.6) is 0 Å². The van der Waals surface area contributed by atoms with Gasteiger partial charge >= 0.3 is 0 Å². The lowest BCUT2D eigenvalue weighted by Crippen LogP contribution is -2.46. The molecule has 0 bridgehead atoms. The van der Waals surface area contributed by atoms with Gasteiger partial charge in [-0.3, -0.25) is 4.79 Å². The Morgan fingerprint density at radius 1 is 1.47 bits per heavy atom. The summed E-state index contributed by atoms with van der Waals surface area (Å²) in [6.45, 7) is 6.38. The molecule has 0 atom stereocenters. The molecule has 17 heavy (non-hydrogen) atoms. The topological polar surface area (TPSA) is 37.3 Å². The summed E-state index contributed by atoms with van der Waals surface area (Å²) in [5, 5.41) is 3.26. The number of carbonyl (C=O) groups is 1. The predicted molar refractivity (Wildman–Crippen MR) is 71.2 cm³/mol. The zero-order chi connectivity index (χ0) is 12.3. The highest BCUT2D eigenvalue weighted by Gasteiger charge is 2.21. The fourth-order valence-corrected chi connectivity index (χ4v) is 2.57. The van der Waals surface area contributed by atoms with Crippen molar-refractivity contribution in [3.63, 3.8) is 0 Å². The average molecular weight is 300 g/mol. The molecule has 4 nitrogen and oxygen atoms in total. The first-order chi connectivity index (χ1) is 8.22. The van der Waals surface area contributed by atoms with E-state index in [0.29, 0.717) is 0 Å². The summed E-state index contributed by atoms with van der Waals surface area (Å²) in [5.41, 5.74) is 0.792. The van der Waals surface area contributed by atoms with Gasteiger partial charge in [0.05, 0.1) is 0 Å². The molecule has 1 saturated heterocycles. The van der Waals surface area contributed by atoms with Crippen LogP contribution in [0.3, 0.4) is 0 Å². The highest BCUT2D eigenvalue weighted by Crippen LogP contribution is 2.17.